The van der Waals surface area contributed by atoms with Crippen molar-refractivity contribution in [3.63, 3.8) is 0 Å². The number of rotatable bonds is 12. The van der Waals surface area contributed by atoms with Gasteiger partial charge in [-0.05, 0) is 54.3 Å². The highest BCUT2D eigenvalue weighted by Gasteiger charge is 2.70. The largest absolute Gasteiger partial charge is 0.350 e. The molecule has 0 aromatic heterocycles. The Morgan fingerprint density at radius 3 is 2.13 bits per heavy atom. The van der Waals surface area contributed by atoms with Crippen LogP contribution in [0.5, 0.6) is 0 Å². The number of likely N-dealkylation sites (N-methyl/N-ethyl adjacent to an activating group) is 1. The first kappa shape index (κ1) is 37.3. The van der Waals surface area contributed by atoms with Crippen molar-refractivity contribution in [2.24, 2.45) is 28.1 Å². The van der Waals surface area contributed by atoms with Gasteiger partial charge in [0.1, 0.15) is 12.1 Å². The van der Waals surface area contributed by atoms with Crippen molar-refractivity contribution < 1.29 is 28.8 Å². The van der Waals surface area contributed by atoms with Crippen molar-refractivity contribution in [2.75, 3.05) is 26.2 Å². The predicted molar refractivity (Wildman–Crippen MR) is 175 cm³/mol. The van der Waals surface area contributed by atoms with Gasteiger partial charge < -0.3 is 31.1 Å². The first-order valence-electron chi connectivity index (χ1n) is 17.0. The topological polar surface area (TPSA) is 157 Å². The van der Waals surface area contributed by atoms with E-state index in [-0.39, 0.29) is 40.5 Å². The molecule has 2 heterocycles. The van der Waals surface area contributed by atoms with Gasteiger partial charge in [-0.15, -0.1) is 0 Å². The highest BCUT2D eigenvalue weighted by molar-refractivity contribution is 6.38. The second-order valence-corrected chi connectivity index (χ2v) is 16.1. The molecule has 12 nitrogen and oxygen atoms in total. The van der Waals surface area contributed by atoms with Crippen LogP contribution in [0, 0.1) is 28.1 Å². The van der Waals surface area contributed by atoms with Gasteiger partial charge in [0.2, 0.25) is 23.5 Å². The monoisotopic (exact) mass is 646 g/mol. The Morgan fingerprint density at radius 2 is 1.59 bits per heavy atom. The van der Waals surface area contributed by atoms with Crippen LogP contribution in [-0.2, 0) is 24.0 Å². The molecule has 0 spiro atoms. The van der Waals surface area contributed by atoms with E-state index in [0.29, 0.717) is 45.4 Å². The lowest BCUT2D eigenvalue weighted by molar-refractivity contribution is -0.145. The average Bonchev–Trinajstić information content (AvgIpc) is 3.26. The second kappa shape index (κ2) is 14.3. The quantitative estimate of drug-likeness (QED) is 0.239. The van der Waals surface area contributed by atoms with Crippen molar-refractivity contribution in [1.29, 1.82) is 0 Å². The summed E-state index contributed by atoms with van der Waals surface area (Å²) in [7, 11) is 0. The molecular weight excluding hydrogens is 588 g/mol. The molecular formula is C34H58N6O6. The van der Waals surface area contributed by atoms with Crippen LogP contribution >= 0.6 is 0 Å². The molecule has 2 saturated heterocycles. The normalized spacial score (nSPS) is 24.3. The number of carbonyl (C=O) groups is 6. The van der Waals surface area contributed by atoms with Crippen molar-refractivity contribution in [2.45, 2.75) is 126 Å². The number of amides is 6. The summed E-state index contributed by atoms with van der Waals surface area (Å²) < 4.78 is 0. The summed E-state index contributed by atoms with van der Waals surface area (Å²) in [6.45, 7) is 21.0. The van der Waals surface area contributed by atoms with Crippen molar-refractivity contribution in [3.05, 3.63) is 0 Å². The molecule has 0 aromatic rings. The summed E-state index contributed by atoms with van der Waals surface area (Å²) in [6.07, 6.45) is 3.18. The molecule has 1 saturated carbocycles. The lowest BCUT2D eigenvalue weighted by Gasteiger charge is -2.40. The summed E-state index contributed by atoms with van der Waals surface area (Å²) in [5, 5.41) is 11.3. The SMILES string of the molecule is CCCC(NC(=O)[C@@H]1[C@@H]2[C@H](CN1C(=O)[C@@H](NC(=O)N[C@H](CN1CCCCC1=O)C(C)(C)C)C(C)(C)C)C2(C)C)C(=O)C(=O)NCC. The Balaban J connectivity index is 1.81. The van der Waals surface area contributed by atoms with Crippen molar-refractivity contribution in [3.8, 4) is 0 Å². The number of likely N-dealkylation sites (tertiary alicyclic amines) is 2. The van der Waals surface area contributed by atoms with Crippen LogP contribution in [0.4, 0.5) is 4.79 Å². The lowest BCUT2D eigenvalue weighted by Crippen LogP contribution is -2.63. The van der Waals surface area contributed by atoms with Gasteiger partial charge in [0.15, 0.2) is 0 Å². The fourth-order valence-electron chi connectivity index (χ4n) is 6.99. The van der Waals surface area contributed by atoms with Gasteiger partial charge in [-0.3, -0.25) is 24.0 Å². The Bertz CT molecular complexity index is 1190. The standard InChI is InChI=1S/C34H58N6O6/c1-11-15-21(26(42)29(44)35-12-2)36-28(43)25-24-20(34(24,9)10)18-40(25)30(45)27(33(6,7)8)38-31(46)37-22(32(3,4)5)19-39-17-14-13-16-23(39)41/h20-22,24-25,27H,11-19H2,1-10H3,(H,35,44)(H,36,43)(H2,37,38,46)/t20-,21?,22+,24-,25-,27+/m0/s1. The molecule has 46 heavy (non-hydrogen) atoms. The number of hydrogen-bond donors (Lipinski definition) is 4. The maximum Gasteiger partial charge on any atom is 0.315 e. The zero-order chi connectivity index (χ0) is 34.8. The number of urea groups is 1. The van der Waals surface area contributed by atoms with Crippen molar-refractivity contribution >= 4 is 35.4 Å². The van der Waals surface area contributed by atoms with E-state index in [9.17, 15) is 28.8 Å². The second-order valence-electron chi connectivity index (χ2n) is 16.1. The van der Waals surface area contributed by atoms with Crippen LogP contribution in [0.1, 0.15) is 101 Å². The van der Waals surface area contributed by atoms with Gasteiger partial charge in [0, 0.05) is 32.6 Å². The number of ketones is 1. The molecule has 0 bridgehead atoms. The number of Topliss-reactive ketones (excluding diaryl/α,β-unsaturated/α-hetero) is 1. The number of piperidine rings is 2. The summed E-state index contributed by atoms with van der Waals surface area (Å²) in [6, 6.07) is -3.66. The van der Waals surface area contributed by atoms with Crippen LogP contribution in [-0.4, -0.2) is 95.6 Å². The number of fused-ring (bicyclic) bond motifs is 1. The minimum absolute atomic E-state index is 0.0826. The molecule has 2 aliphatic heterocycles. The summed E-state index contributed by atoms with van der Waals surface area (Å²) in [5.74, 6) is -2.21. The average molecular weight is 647 g/mol. The molecule has 3 aliphatic rings. The molecule has 1 aliphatic carbocycles. The van der Waals surface area contributed by atoms with E-state index in [1.54, 1.807) is 16.7 Å². The minimum atomic E-state index is -0.995. The highest BCUT2D eigenvalue weighted by atomic mass is 16.2. The molecule has 6 amide bonds. The van der Waals surface area contributed by atoms with Gasteiger partial charge in [-0.25, -0.2) is 4.79 Å². The van der Waals surface area contributed by atoms with Gasteiger partial charge in [-0.1, -0.05) is 68.7 Å². The zero-order valence-electron chi connectivity index (χ0n) is 29.7. The predicted octanol–water partition coefficient (Wildman–Crippen LogP) is 2.60. The third-order valence-electron chi connectivity index (χ3n) is 10.1. The maximum absolute atomic E-state index is 14.3. The summed E-state index contributed by atoms with van der Waals surface area (Å²) in [5.41, 5.74) is -1.23. The minimum Gasteiger partial charge on any atom is -0.350 e. The first-order valence-corrected chi connectivity index (χ1v) is 17.0. The Hall–Kier alpha value is -3.18. The van der Waals surface area contributed by atoms with Gasteiger partial charge in [0.05, 0.1) is 12.1 Å². The lowest BCUT2D eigenvalue weighted by atomic mass is 9.84. The zero-order valence-corrected chi connectivity index (χ0v) is 29.7. The number of nitrogens with one attached hydrogen (secondary N) is 4. The Labute approximate surface area is 274 Å². The van der Waals surface area contributed by atoms with Crippen LogP contribution in [0.15, 0.2) is 0 Å². The van der Waals surface area contributed by atoms with E-state index < -0.39 is 47.2 Å². The fourth-order valence-corrected chi connectivity index (χ4v) is 6.99. The third-order valence-corrected chi connectivity index (χ3v) is 10.1. The van der Waals surface area contributed by atoms with Crippen LogP contribution < -0.4 is 21.3 Å². The van der Waals surface area contributed by atoms with E-state index >= 15 is 0 Å². The molecule has 0 radical (unpaired) electrons. The fraction of sp³-hybridized carbons (Fsp3) is 0.824. The Kier molecular flexibility index (Phi) is 11.6. The van der Waals surface area contributed by atoms with Crippen molar-refractivity contribution in [1.82, 2.24) is 31.1 Å². The molecule has 3 rings (SSSR count). The number of nitrogens with zero attached hydrogens (tertiary/aromatic N) is 2. The van der Waals surface area contributed by atoms with E-state index in [0.717, 1.165) is 12.8 Å². The first-order chi connectivity index (χ1) is 21.2. The van der Waals surface area contributed by atoms with Gasteiger partial charge >= 0.3 is 6.03 Å². The number of carbonyl (C=O) groups excluding carboxylic acids is 6. The highest BCUT2D eigenvalue weighted by Crippen LogP contribution is 2.65. The Morgan fingerprint density at radius 1 is 0.935 bits per heavy atom. The third kappa shape index (κ3) is 8.39. The summed E-state index contributed by atoms with van der Waals surface area (Å²) in [4.78, 5) is 82.9. The van der Waals surface area contributed by atoms with E-state index in [4.69, 9.17) is 0 Å². The van der Waals surface area contributed by atoms with Crippen LogP contribution in [0.3, 0.4) is 0 Å². The van der Waals surface area contributed by atoms with Crippen LogP contribution in [0.2, 0.25) is 0 Å². The van der Waals surface area contributed by atoms with Crippen LogP contribution in [0.25, 0.3) is 0 Å². The number of hydrogen-bond acceptors (Lipinski definition) is 6. The molecule has 0 aromatic carbocycles. The molecule has 3 fully saturated rings. The van der Waals surface area contributed by atoms with Gasteiger partial charge in [-0.2, -0.15) is 0 Å². The van der Waals surface area contributed by atoms with E-state index in [2.05, 4.69) is 35.1 Å². The summed E-state index contributed by atoms with van der Waals surface area (Å²) >= 11 is 0. The smallest absolute Gasteiger partial charge is 0.315 e. The molecule has 260 valence electrons. The van der Waals surface area contributed by atoms with Gasteiger partial charge in [0.25, 0.3) is 5.91 Å². The molecule has 1 unspecified atom stereocenters. The maximum atomic E-state index is 14.3. The van der Waals surface area contributed by atoms with E-state index in [1.165, 1.54) is 0 Å². The van der Waals surface area contributed by atoms with E-state index in [1.807, 2.05) is 48.5 Å². The molecule has 4 N–H and O–H groups in total. The molecule has 6 atom stereocenters. The molecule has 12 heteroatoms.